The van der Waals surface area contributed by atoms with Gasteiger partial charge in [-0.05, 0) is 57.7 Å². The summed E-state index contributed by atoms with van der Waals surface area (Å²) in [5.74, 6) is -0.230. The summed E-state index contributed by atoms with van der Waals surface area (Å²) >= 11 is 3.43. The van der Waals surface area contributed by atoms with Crippen LogP contribution in [0.25, 0.3) is 0 Å². The van der Waals surface area contributed by atoms with Crippen LogP contribution in [-0.4, -0.2) is 13.6 Å². The lowest BCUT2D eigenvalue weighted by atomic mass is 10.1. The van der Waals surface area contributed by atoms with Crippen LogP contribution in [0.5, 0.6) is 0 Å². The van der Waals surface area contributed by atoms with E-state index in [2.05, 4.69) is 51.4 Å². The number of rotatable bonds is 3. The average molecular weight is 335 g/mol. The van der Waals surface area contributed by atoms with E-state index in [4.69, 9.17) is 0 Å². The first-order chi connectivity index (χ1) is 9.63. The summed E-state index contributed by atoms with van der Waals surface area (Å²) in [7, 11) is 2.12. The van der Waals surface area contributed by atoms with Crippen molar-refractivity contribution in [1.29, 1.82) is 0 Å². The maximum atomic E-state index is 13.2. The Labute approximate surface area is 126 Å². The van der Waals surface area contributed by atoms with Gasteiger partial charge in [-0.2, -0.15) is 0 Å². The summed E-state index contributed by atoms with van der Waals surface area (Å²) in [5.41, 5.74) is 4.71. The lowest BCUT2D eigenvalue weighted by molar-refractivity contribution is 0.628. The second kappa shape index (κ2) is 5.44. The fourth-order valence-corrected chi connectivity index (χ4v) is 2.95. The normalized spacial score (nSPS) is 13.4. The molecule has 2 aromatic carbocycles. The zero-order valence-corrected chi connectivity index (χ0v) is 12.9. The maximum Gasteiger partial charge on any atom is 0.125 e. The van der Waals surface area contributed by atoms with Crippen LogP contribution in [0, 0.1) is 5.82 Å². The van der Waals surface area contributed by atoms with Crippen molar-refractivity contribution in [3.05, 3.63) is 57.8 Å². The molecule has 0 aliphatic carbocycles. The van der Waals surface area contributed by atoms with Crippen LogP contribution in [0.3, 0.4) is 0 Å². The Bertz CT molecular complexity index is 642. The maximum absolute atomic E-state index is 13.2. The van der Waals surface area contributed by atoms with Crippen LogP contribution in [0.2, 0.25) is 0 Å². The summed E-state index contributed by atoms with van der Waals surface area (Å²) in [5, 5.41) is 3.27. The van der Waals surface area contributed by atoms with Gasteiger partial charge in [0.15, 0.2) is 0 Å². The van der Waals surface area contributed by atoms with E-state index in [1.807, 2.05) is 0 Å². The average Bonchev–Trinajstić information content (AvgIpc) is 2.81. The highest BCUT2D eigenvalue weighted by molar-refractivity contribution is 9.10. The van der Waals surface area contributed by atoms with E-state index >= 15 is 0 Å². The Morgan fingerprint density at radius 1 is 1.25 bits per heavy atom. The minimum atomic E-state index is -0.230. The van der Waals surface area contributed by atoms with Gasteiger partial charge < -0.3 is 10.2 Å². The SMILES string of the molecule is CN1CCc2cc(CNc3cc(F)ccc3Br)ccc21. The fraction of sp³-hybridized carbons (Fsp3) is 0.250. The van der Waals surface area contributed by atoms with Gasteiger partial charge in [0.25, 0.3) is 0 Å². The van der Waals surface area contributed by atoms with Crippen LogP contribution in [0.15, 0.2) is 40.9 Å². The largest absolute Gasteiger partial charge is 0.380 e. The Balaban J connectivity index is 1.74. The Kier molecular flexibility index (Phi) is 3.66. The van der Waals surface area contributed by atoms with Gasteiger partial charge in [-0.3, -0.25) is 0 Å². The molecule has 0 saturated heterocycles. The van der Waals surface area contributed by atoms with Gasteiger partial charge in [0.1, 0.15) is 5.82 Å². The third-order valence-corrected chi connectivity index (χ3v) is 4.37. The molecule has 0 aromatic heterocycles. The van der Waals surface area contributed by atoms with Crippen LogP contribution in [-0.2, 0) is 13.0 Å². The molecule has 2 aromatic rings. The number of anilines is 2. The predicted octanol–water partition coefficient (Wildman–Crippen LogP) is 4.19. The highest BCUT2D eigenvalue weighted by atomic mass is 79.9. The van der Waals surface area contributed by atoms with Crippen molar-refractivity contribution in [3.63, 3.8) is 0 Å². The molecule has 1 aliphatic rings. The molecule has 3 rings (SSSR count). The van der Waals surface area contributed by atoms with Crippen molar-refractivity contribution in [2.75, 3.05) is 23.8 Å². The number of benzene rings is 2. The molecule has 0 bridgehead atoms. The monoisotopic (exact) mass is 334 g/mol. The van der Waals surface area contributed by atoms with E-state index < -0.39 is 0 Å². The van der Waals surface area contributed by atoms with Crippen molar-refractivity contribution in [2.24, 2.45) is 0 Å². The van der Waals surface area contributed by atoms with E-state index in [0.717, 1.165) is 23.1 Å². The summed E-state index contributed by atoms with van der Waals surface area (Å²) < 4.78 is 14.1. The van der Waals surface area contributed by atoms with Gasteiger partial charge in [-0.25, -0.2) is 4.39 Å². The van der Waals surface area contributed by atoms with E-state index in [1.165, 1.54) is 28.9 Å². The van der Waals surface area contributed by atoms with Crippen molar-refractivity contribution < 1.29 is 4.39 Å². The molecule has 0 fully saturated rings. The molecule has 20 heavy (non-hydrogen) atoms. The smallest absolute Gasteiger partial charge is 0.125 e. The van der Waals surface area contributed by atoms with Crippen LogP contribution < -0.4 is 10.2 Å². The molecule has 1 heterocycles. The van der Waals surface area contributed by atoms with Crippen molar-refractivity contribution in [3.8, 4) is 0 Å². The van der Waals surface area contributed by atoms with E-state index in [1.54, 1.807) is 6.07 Å². The molecule has 0 amide bonds. The number of nitrogens with zero attached hydrogens (tertiary/aromatic N) is 1. The molecule has 0 saturated carbocycles. The van der Waals surface area contributed by atoms with Crippen LogP contribution in [0.4, 0.5) is 15.8 Å². The lowest BCUT2D eigenvalue weighted by Crippen LogP contribution is -2.12. The van der Waals surface area contributed by atoms with E-state index in [9.17, 15) is 4.39 Å². The van der Waals surface area contributed by atoms with Gasteiger partial charge >= 0.3 is 0 Å². The van der Waals surface area contributed by atoms with Gasteiger partial charge in [0, 0.05) is 30.3 Å². The van der Waals surface area contributed by atoms with Crippen molar-refractivity contribution >= 4 is 27.3 Å². The lowest BCUT2D eigenvalue weighted by Gasteiger charge is -2.13. The molecule has 0 unspecified atom stereocenters. The first kappa shape index (κ1) is 13.4. The number of hydrogen-bond donors (Lipinski definition) is 1. The first-order valence-electron chi connectivity index (χ1n) is 6.65. The van der Waals surface area contributed by atoms with Crippen molar-refractivity contribution in [2.45, 2.75) is 13.0 Å². The van der Waals surface area contributed by atoms with E-state index in [-0.39, 0.29) is 5.82 Å². The summed E-state index contributed by atoms with van der Waals surface area (Å²) in [6.45, 7) is 1.78. The summed E-state index contributed by atoms with van der Waals surface area (Å²) in [6.07, 6.45) is 1.10. The number of halogens is 2. The summed E-state index contributed by atoms with van der Waals surface area (Å²) in [4.78, 5) is 2.27. The third kappa shape index (κ3) is 2.66. The highest BCUT2D eigenvalue weighted by Crippen LogP contribution is 2.28. The first-order valence-corrected chi connectivity index (χ1v) is 7.44. The third-order valence-electron chi connectivity index (χ3n) is 3.68. The van der Waals surface area contributed by atoms with Gasteiger partial charge in [0.05, 0.1) is 5.69 Å². The number of fused-ring (bicyclic) bond motifs is 1. The Morgan fingerprint density at radius 3 is 2.95 bits per heavy atom. The van der Waals surface area contributed by atoms with Gasteiger partial charge in [-0.1, -0.05) is 12.1 Å². The number of hydrogen-bond acceptors (Lipinski definition) is 2. The van der Waals surface area contributed by atoms with Crippen LogP contribution in [0.1, 0.15) is 11.1 Å². The molecule has 1 aliphatic heterocycles. The highest BCUT2D eigenvalue weighted by Gasteiger charge is 2.15. The fourth-order valence-electron chi connectivity index (χ4n) is 2.56. The second-order valence-corrected chi connectivity index (χ2v) is 5.97. The standard InChI is InChI=1S/C16H16BrFN2/c1-20-7-6-12-8-11(2-5-16(12)20)10-19-15-9-13(18)3-4-14(15)17/h2-5,8-9,19H,6-7,10H2,1H3. The quantitative estimate of drug-likeness (QED) is 0.905. The topological polar surface area (TPSA) is 15.3 Å². The van der Waals surface area contributed by atoms with Crippen LogP contribution >= 0.6 is 15.9 Å². The molecule has 104 valence electrons. The zero-order chi connectivity index (χ0) is 14.1. The Hall–Kier alpha value is -1.55. The molecular weight excluding hydrogens is 319 g/mol. The van der Waals surface area contributed by atoms with Gasteiger partial charge in [0.2, 0.25) is 0 Å². The minimum absolute atomic E-state index is 0.230. The van der Waals surface area contributed by atoms with Crippen molar-refractivity contribution in [1.82, 2.24) is 0 Å². The molecule has 0 spiro atoms. The van der Waals surface area contributed by atoms with Gasteiger partial charge in [-0.15, -0.1) is 0 Å². The zero-order valence-electron chi connectivity index (χ0n) is 11.3. The summed E-state index contributed by atoms with van der Waals surface area (Å²) in [6, 6.07) is 11.2. The molecule has 0 atom stereocenters. The molecule has 1 N–H and O–H groups in total. The Morgan fingerprint density at radius 2 is 2.10 bits per heavy atom. The minimum Gasteiger partial charge on any atom is -0.380 e. The molecule has 2 nitrogen and oxygen atoms in total. The molecule has 4 heteroatoms. The number of likely N-dealkylation sites (N-methyl/N-ethyl adjacent to an activating group) is 1. The predicted molar refractivity (Wildman–Crippen MR) is 84.8 cm³/mol. The molecular formula is C16H16BrFN2. The number of nitrogens with one attached hydrogen (secondary N) is 1. The van der Waals surface area contributed by atoms with E-state index in [0.29, 0.717) is 6.54 Å². The second-order valence-electron chi connectivity index (χ2n) is 5.11. The molecule has 0 radical (unpaired) electrons.